The predicted molar refractivity (Wildman–Crippen MR) is 89.3 cm³/mol. The second-order valence-electron chi connectivity index (χ2n) is 7.72. The van der Waals surface area contributed by atoms with Gasteiger partial charge in [-0.2, -0.15) is 5.10 Å². The topological polar surface area (TPSA) is 70.2 Å². The summed E-state index contributed by atoms with van der Waals surface area (Å²) >= 11 is 0. The van der Waals surface area contributed by atoms with Crippen LogP contribution in [0.15, 0.2) is 12.4 Å². The molecular weight excluding hydrogens is 292 g/mol. The Kier molecular flexibility index (Phi) is 4.50. The molecular formula is C17H28N4O2. The number of carbonyl (C=O) groups excluding carboxylic acids is 1. The molecule has 1 aliphatic carbocycles. The van der Waals surface area contributed by atoms with Crippen LogP contribution >= 0.6 is 0 Å². The average molecular weight is 320 g/mol. The van der Waals surface area contributed by atoms with E-state index in [-0.39, 0.29) is 12.1 Å². The van der Waals surface area contributed by atoms with Crippen molar-refractivity contribution in [1.82, 2.24) is 15.1 Å². The van der Waals surface area contributed by atoms with Crippen LogP contribution in [-0.4, -0.2) is 45.4 Å². The molecule has 6 heteroatoms. The van der Waals surface area contributed by atoms with Gasteiger partial charge in [-0.05, 0) is 52.4 Å². The first-order chi connectivity index (χ1) is 10.9. The van der Waals surface area contributed by atoms with Crippen molar-refractivity contribution in [3.63, 3.8) is 0 Å². The zero-order chi connectivity index (χ0) is 16.4. The van der Waals surface area contributed by atoms with Crippen molar-refractivity contribution in [3.05, 3.63) is 12.4 Å². The molecule has 0 aromatic carbocycles. The highest BCUT2D eigenvalue weighted by Gasteiger charge is 2.42. The molecule has 0 spiro atoms. The Labute approximate surface area is 138 Å². The lowest BCUT2D eigenvalue weighted by Gasteiger charge is -2.34. The van der Waals surface area contributed by atoms with Crippen LogP contribution in [-0.2, 0) is 4.74 Å². The van der Waals surface area contributed by atoms with E-state index in [1.165, 1.54) is 12.8 Å². The van der Waals surface area contributed by atoms with E-state index >= 15 is 0 Å². The van der Waals surface area contributed by atoms with Crippen LogP contribution in [0.3, 0.4) is 0 Å². The van der Waals surface area contributed by atoms with Gasteiger partial charge in [0.2, 0.25) is 0 Å². The number of aromatic nitrogens is 2. The highest BCUT2D eigenvalue weighted by Crippen LogP contribution is 2.37. The molecule has 2 aliphatic rings. The van der Waals surface area contributed by atoms with Crippen LogP contribution in [0.25, 0.3) is 0 Å². The molecule has 1 amide bonds. The van der Waals surface area contributed by atoms with Gasteiger partial charge in [-0.25, -0.2) is 4.79 Å². The smallest absolute Gasteiger partial charge is 0.410 e. The molecule has 1 aromatic heterocycles. The summed E-state index contributed by atoms with van der Waals surface area (Å²) in [7, 11) is 0. The summed E-state index contributed by atoms with van der Waals surface area (Å²) in [6.07, 6.45) is 9.21. The van der Waals surface area contributed by atoms with Crippen LogP contribution in [0.4, 0.5) is 10.5 Å². The van der Waals surface area contributed by atoms with Crippen LogP contribution in [0, 0.1) is 5.92 Å². The fraction of sp³-hybridized carbons (Fsp3) is 0.765. The van der Waals surface area contributed by atoms with Gasteiger partial charge in [-0.1, -0.05) is 6.42 Å². The molecule has 0 radical (unpaired) electrons. The molecule has 1 aromatic rings. The summed E-state index contributed by atoms with van der Waals surface area (Å²) in [5, 5.41) is 10.4. The number of anilines is 1. The lowest BCUT2D eigenvalue weighted by atomic mass is 9.92. The summed E-state index contributed by atoms with van der Waals surface area (Å²) in [4.78, 5) is 14.5. The van der Waals surface area contributed by atoms with Crippen LogP contribution in [0.2, 0.25) is 0 Å². The first-order valence-corrected chi connectivity index (χ1v) is 8.69. The van der Waals surface area contributed by atoms with Gasteiger partial charge in [0.25, 0.3) is 0 Å². The molecule has 3 rings (SSSR count). The Morgan fingerprint density at radius 1 is 1.35 bits per heavy atom. The van der Waals surface area contributed by atoms with Crippen LogP contribution in [0.1, 0.15) is 52.9 Å². The van der Waals surface area contributed by atoms with Crippen molar-refractivity contribution in [2.75, 3.05) is 11.9 Å². The Balaban J connectivity index is 1.67. The summed E-state index contributed by atoms with van der Waals surface area (Å²) in [5.74, 6) is 0.486. The van der Waals surface area contributed by atoms with Gasteiger partial charge in [0, 0.05) is 24.8 Å². The molecule has 3 atom stereocenters. The maximum atomic E-state index is 12.5. The monoisotopic (exact) mass is 320 g/mol. The van der Waals surface area contributed by atoms with E-state index in [0.29, 0.717) is 12.0 Å². The maximum absolute atomic E-state index is 12.5. The summed E-state index contributed by atoms with van der Waals surface area (Å²) in [6.45, 7) is 6.59. The molecule has 1 saturated carbocycles. The molecule has 2 fully saturated rings. The molecule has 128 valence electrons. The molecule has 2 N–H and O–H groups in total. The van der Waals surface area contributed by atoms with Gasteiger partial charge in [-0.3, -0.25) is 5.10 Å². The third-order valence-corrected chi connectivity index (χ3v) is 4.84. The van der Waals surface area contributed by atoms with Gasteiger partial charge in [0.05, 0.1) is 11.9 Å². The summed E-state index contributed by atoms with van der Waals surface area (Å²) in [6, 6.07) is 0.692. The Bertz CT molecular complexity index is 523. The second kappa shape index (κ2) is 6.42. The first-order valence-electron chi connectivity index (χ1n) is 8.69. The zero-order valence-corrected chi connectivity index (χ0v) is 14.3. The molecule has 2 heterocycles. The van der Waals surface area contributed by atoms with Crippen molar-refractivity contribution < 1.29 is 9.53 Å². The van der Waals surface area contributed by atoms with E-state index < -0.39 is 5.60 Å². The van der Waals surface area contributed by atoms with E-state index in [9.17, 15) is 4.79 Å². The zero-order valence-electron chi connectivity index (χ0n) is 14.3. The number of hydrogen-bond acceptors (Lipinski definition) is 4. The summed E-state index contributed by atoms with van der Waals surface area (Å²) < 4.78 is 5.60. The number of carbonyl (C=O) groups is 1. The van der Waals surface area contributed by atoms with Gasteiger partial charge >= 0.3 is 6.09 Å². The van der Waals surface area contributed by atoms with Gasteiger partial charge in [0.15, 0.2) is 0 Å². The third-order valence-electron chi connectivity index (χ3n) is 4.84. The molecule has 3 unspecified atom stereocenters. The number of H-pyrrole nitrogens is 1. The van der Waals surface area contributed by atoms with Gasteiger partial charge < -0.3 is 15.0 Å². The number of nitrogens with one attached hydrogen (secondary N) is 2. The Morgan fingerprint density at radius 3 is 2.87 bits per heavy atom. The number of likely N-dealkylation sites (tertiary alicyclic amines) is 1. The van der Waals surface area contributed by atoms with Crippen molar-refractivity contribution in [2.24, 2.45) is 5.92 Å². The second-order valence-corrected chi connectivity index (χ2v) is 7.72. The molecule has 6 nitrogen and oxygen atoms in total. The number of ether oxygens (including phenoxy) is 1. The molecule has 1 saturated heterocycles. The van der Waals surface area contributed by atoms with E-state index in [2.05, 4.69) is 15.5 Å². The summed E-state index contributed by atoms with van der Waals surface area (Å²) in [5.41, 5.74) is 0.595. The highest BCUT2D eigenvalue weighted by atomic mass is 16.6. The quantitative estimate of drug-likeness (QED) is 0.895. The minimum Gasteiger partial charge on any atom is -0.444 e. The number of aromatic amines is 1. The maximum Gasteiger partial charge on any atom is 0.410 e. The van der Waals surface area contributed by atoms with Crippen molar-refractivity contribution in [1.29, 1.82) is 0 Å². The first kappa shape index (κ1) is 16.1. The standard InChI is InChI=1S/C17H28N4O2/c1-17(2,3)23-16(22)21-9-5-8-15(21)13-6-4-7-14(13)20-12-10-18-19-11-12/h10-11,13-15,20H,4-9H2,1-3H3,(H,18,19). The fourth-order valence-electron chi connectivity index (χ4n) is 3.96. The third kappa shape index (κ3) is 3.79. The van der Waals surface area contributed by atoms with Crippen LogP contribution in [0.5, 0.6) is 0 Å². The van der Waals surface area contributed by atoms with E-state index in [1.807, 2.05) is 38.1 Å². The van der Waals surface area contributed by atoms with Gasteiger partial charge in [0.1, 0.15) is 5.60 Å². The van der Waals surface area contributed by atoms with Gasteiger partial charge in [-0.15, -0.1) is 0 Å². The Hall–Kier alpha value is -1.72. The lowest BCUT2D eigenvalue weighted by molar-refractivity contribution is 0.0175. The van der Waals surface area contributed by atoms with Crippen molar-refractivity contribution in [3.8, 4) is 0 Å². The minimum absolute atomic E-state index is 0.158. The largest absolute Gasteiger partial charge is 0.444 e. The molecule has 23 heavy (non-hydrogen) atoms. The number of hydrogen-bond donors (Lipinski definition) is 2. The van der Waals surface area contributed by atoms with Crippen LogP contribution < -0.4 is 5.32 Å². The van der Waals surface area contributed by atoms with Crippen molar-refractivity contribution in [2.45, 2.75) is 70.6 Å². The Morgan fingerprint density at radius 2 is 2.17 bits per heavy atom. The highest BCUT2D eigenvalue weighted by molar-refractivity contribution is 5.69. The normalized spacial score (nSPS) is 28.1. The van der Waals surface area contributed by atoms with E-state index in [4.69, 9.17) is 4.74 Å². The average Bonchev–Trinajstić information content (AvgIpc) is 3.17. The van der Waals surface area contributed by atoms with Crippen molar-refractivity contribution >= 4 is 11.8 Å². The SMILES string of the molecule is CC(C)(C)OC(=O)N1CCCC1C1CCCC1Nc1cn[nH]c1. The fourth-order valence-corrected chi connectivity index (χ4v) is 3.96. The number of nitrogens with zero attached hydrogens (tertiary/aromatic N) is 2. The molecule has 0 bridgehead atoms. The minimum atomic E-state index is -0.436. The molecule has 1 aliphatic heterocycles. The number of amides is 1. The van der Waals surface area contributed by atoms with E-state index in [0.717, 1.165) is 31.5 Å². The number of rotatable bonds is 3. The lowest BCUT2D eigenvalue weighted by Crippen LogP contribution is -2.46. The predicted octanol–water partition coefficient (Wildman–Crippen LogP) is 3.39. The van der Waals surface area contributed by atoms with E-state index in [1.54, 1.807) is 0 Å².